The average Bonchev–Trinajstić information content (AvgIpc) is 2.96. The summed E-state index contributed by atoms with van der Waals surface area (Å²) in [6.07, 6.45) is 3.05. The van der Waals surface area contributed by atoms with Crippen LogP contribution in [-0.4, -0.2) is 29.7 Å². The quantitative estimate of drug-likeness (QED) is 0.644. The van der Waals surface area contributed by atoms with Crippen molar-refractivity contribution >= 4 is 5.91 Å². The van der Waals surface area contributed by atoms with E-state index in [-0.39, 0.29) is 17.9 Å². The molecule has 1 aromatic rings. The molecule has 0 radical (unpaired) electrons. The molecule has 1 rings (SSSR count). The van der Waals surface area contributed by atoms with E-state index in [0.717, 1.165) is 18.6 Å². The van der Waals surface area contributed by atoms with Gasteiger partial charge < -0.3 is 20.2 Å². The van der Waals surface area contributed by atoms with Crippen molar-refractivity contribution in [1.29, 1.82) is 0 Å². The van der Waals surface area contributed by atoms with Crippen LogP contribution in [0.5, 0.6) is 0 Å². The predicted molar refractivity (Wildman–Crippen MR) is 78.1 cm³/mol. The van der Waals surface area contributed by atoms with Gasteiger partial charge in [-0.05, 0) is 25.0 Å². The van der Waals surface area contributed by atoms with E-state index < -0.39 is 6.10 Å². The fourth-order valence-corrected chi connectivity index (χ4v) is 2.13. The minimum atomic E-state index is -0.412. The van der Waals surface area contributed by atoms with Crippen LogP contribution in [0.25, 0.3) is 0 Å². The molecule has 0 fully saturated rings. The molecule has 0 aliphatic carbocycles. The van der Waals surface area contributed by atoms with Gasteiger partial charge in [-0.1, -0.05) is 26.7 Å². The van der Waals surface area contributed by atoms with Crippen molar-refractivity contribution in [2.24, 2.45) is 5.92 Å². The fourth-order valence-electron chi connectivity index (χ4n) is 2.13. The molecule has 0 bridgehead atoms. The summed E-state index contributed by atoms with van der Waals surface area (Å²) in [5.74, 6) is 0.904. The highest BCUT2D eigenvalue weighted by Gasteiger charge is 2.18. The summed E-state index contributed by atoms with van der Waals surface area (Å²) < 4.78 is 5.15. The molecule has 114 valence electrons. The molecule has 0 aromatic carbocycles. The Bertz CT molecular complexity index is 374. The fraction of sp³-hybridized carbons (Fsp3) is 0.667. The molecule has 0 spiro atoms. The smallest absolute Gasteiger partial charge is 0.237 e. The van der Waals surface area contributed by atoms with Crippen LogP contribution in [0.15, 0.2) is 22.8 Å². The molecule has 1 aromatic heterocycles. The number of hydrogen-bond donors (Lipinski definition) is 3. The van der Waals surface area contributed by atoms with E-state index in [1.54, 1.807) is 19.3 Å². The number of carbonyl (C=O) groups is 1. The van der Waals surface area contributed by atoms with Crippen molar-refractivity contribution < 1.29 is 14.3 Å². The first-order valence-corrected chi connectivity index (χ1v) is 7.30. The first-order valence-electron chi connectivity index (χ1n) is 7.30. The number of rotatable bonds is 9. The largest absolute Gasteiger partial charge is 0.467 e. The molecule has 5 heteroatoms. The third kappa shape index (κ3) is 5.35. The highest BCUT2D eigenvalue weighted by atomic mass is 16.3. The molecular formula is C15H26N2O3. The van der Waals surface area contributed by atoms with Gasteiger partial charge in [0.1, 0.15) is 5.76 Å². The number of hydrogen-bond acceptors (Lipinski definition) is 4. The number of aliphatic hydroxyl groups is 1. The maximum absolute atomic E-state index is 11.9. The van der Waals surface area contributed by atoms with Gasteiger partial charge in [-0.25, -0.2) is 0 Å². The standard InChI is InChI=1S/C15H26N2O3/c1-4-12(5-2)14(18)10-16-11(3)15(19)17-9-13-7-6-8-20-13/h6-8,11-12,14,16,18H,4-5,9-10H2,1-3H3,(H,17,19). The van der Waals surface area contributed by atoms with Gasteiger partial charge in [0.05, 0.1) is 25.0 Å². The zero-order chi connectivity index (χ0) is 15.0. The van der Waals surface area contributed by atoms with E-state index >= 15 is 0 Å². The lowest BCUT2D eigenvalue weighted by Crippen LogP contribution is -2.45. The maximum atomic E-state index is 11.9. The van der Waals surface area contributed by atoms with E-state index in [1.807, 2.05) is 6.07 Å². The maximum Gasteiger partial charge on any atom is 0.237 e. The Balaban J connectivity index is 2.27. The van der Waals surface area contributed by atoms with Crippen LogP contribution < -0.4 is 10.6 Å². The van der Waals surface area contributed by atoms with Gasteiger partial charge in [0.2, 0.25) is 5.91 Å². The lowest BCUT2D eigenvalue weighted by Gasteiger charge is -2.22. The monoisotopic (exact) mass is 282 g/mol. The first kappa shape index (κ1) is 16.7. The predicted octanol–water partition coefficient (Wildman–Crippen LogP) is 1.67. The van der Waals surface area contributed by atoms with Crippen LogP contribution in [0.4, 0.5) is 0 Å². The second-order valence-electron chi connectivity index (χ2n) is 5.07. The summed E-state index contributed by atoms with van der Waals surface area (Å²) in [5, 5.41) is 15.9. The van der Waals surface area contributed by atoms with Gasteiger partial charge in [0.25, 0.3) is 0 Å². The van der Waals surface area contributed by atoms with Gasteiger partial charge >= 0.3 is 0 Å². The van der Waals surface area contributed by atoms with E-state index in [1.165, 1.54) is 0 Å². The minimum Gasteiger partial charge on any atom is -0.467 e. The highest BCUT2D eigenvalue weighted by molar-refractivity contribution is 5.81. The molecule has 0 aliphatic rings. The molecule has 2 unspecified atom stereocenters. The summed E-state index contributed by atoms with van der Waals surface area (Å²) in [6.45, 7) is 6.74. The summed E-state index contributed by atoms with van der Waals surface area (Å²) in [5.41, 5.74) is 0. The topological polar surface area (TPSA) is 74.5 Å². The van der Waals surface area contributed by atoms with Gasteiger partial charge in [-0.2, -0.15) is 0 Å². The Labute approximate surface area is 120 Å². The number of aliphatic hydroxyl groups excluding tert-OH is 1. The van der Waals surface area contributed by atoms with Crippen LogP contribution in [0.1, 0.15) is 39.4 Å². The molecule has 3 N–H and O–H groups in total. The van der Waals surface area contributed by atoms with Crippen LogP contribution >= 0.6 is 0 Å². The lowest BCUT2D eigenvalue weighted by molar-refractivity contribution is -0.123. The molecule has 0 aliphatic heterocycles. The third-order valence-electron chi connectivity index (χ3n) is 3.64. The van der Waals surface area contributed by atoms with Gasteiger partial charge in [-0.15, -0.1) is 0 Å². The molecule has 0 saturated carbocycles. The van der Waals surface area contributed by atoms with E-state index in [2.05, 4.69) is 24.5 Å². The summed E-state index contributed by atoms with van der Waals surface area (Å²) in [6, 6.07) is 3.26. The molecule has 20 heavy (non-hydrogen) atoms. The van der Waals surface area contributed by atoms with E-state index in [9.17, 15) is 9.90 Å². The van der Waals surface area contributed by atoms with Crippen LogP contribution in [-0.2, 0) is 11.3 Å². The Morgan fingerprint density at radius 1 is 1.40 bits per heavy atom. The normalized spacial score (nSPS) is 14.2. The number of carbonyl (C=O) groups excluding carboxylic acids is 1. The molecular weight excluding hydrogens is 256 g/mol. The van der Waals surface area contributed by atoms with E-state index in [4.69, 9.17) is 4.42 Å². The number of furan rings is 1. The highest BCUT2D eigenvalue weighted by Crippen LogP contribution is 2.12. The lowest BCUT2D eigenvalue weighted by atomic mass is 9.96. The van der Waals surface area contributed by atoms with Crippen molar-refractivity contribution in [3.8, 4) is 0 Å². The number of amides is 1. The van der Waals surface area contributed by atoms with Crippen LogP contribution in [0.2, 0.25) is 0 Å². The van der Waals surface area contributed by atoms with Gasteiger partial charge in [0, 0.05) is 6.54 Å². The van der Waals surface area contributed by atoms with Crippen LogP contribution in [0, 0.1) is 5.92 Å². The Morgan fingerprint density at radius 2 is 2.10 bits per heavy atom. The average molecular weight is 282 g/mol. The Kier molecular flexibility index (Phi) is 7.33. The summed E-state index contributed by atoms with van der Waals surface area (Å²) in [4.78, 5) is 11.9. The summed E-state index contributed by atoms with van der Waals surface area (Å²) in [7, 11) is 0. The zero-order valence-corrected chi connectivity index (χ0v) is 12.6. The third-order valence-corrected chi connectivity index (χ3v) is 3.64. The zero-order valence-electron chi connectivity index (χ0n) is 12.6. The molecule has 5 nitrogen and oxygen atoms in total. The van der Waals surface area contributed by atoms with Crippen molar-refractivity contribution in [1.82, 2.24) is 10.6 Å². The molecule has 2 atom stereocenters. The summed E-state index contributed by atoms with van der Waals surface area (Å²) >= 11 is 0. The Morgan fingerprint density at radius 3 is 2.65 bits per heavy atom. The van der Waals surface area contributed by atoms with Crippen molar-refractivity contribution in [3.63, 3.8) is 0 Å². The van der Waals surface area contributed by atoms with Gasteiger partial charge in [-0.3, -0.25) is 4.79 Å². The minimum absolute atomic E-state index is 0.0989. The number of nitrogens with one attached hydrogen (secondary N) is 2. The molecule has 0 saturated heterocycles. The molecule has 1 amide bonds. The van der Waals surface area contributed by atoms with Crippen molar-refractivity contribution in [2.75, 3.05) is 6.54 Å². The van der Waals surface area contributed by atoms with Crippen molar-refractivity contribution in [2.45, 2.75) is 52.3 Å². The van der Waals surface area contributed by atoms with Gasteiger partial charge in [0.15, 0.2) is 0 Å². The van der Waals surface area contributed by atoms with Crippen molar-refractivity contribution in [3.05, 3.63) is 24.2 Å². The second kappa shape index (κ2) is 8.76. The molecule has 1 heterocycles. The second-order valence-corrected chi connectivity index (χ2v) is 5.07. The van der Waals surface area contributed by atoms with E-state index in [0.29, 0.717) is 13.1 Å². The Hall–Kier alpha value is -1.33. The van der Waals surface area contributed by atoms with Crippen LogP contribution in [0.3, 0.4) is 0 Å². The first-order chi connectivity index (χ1) is 9.58. The SMILES string of the molecule is CCC(CC)C(O)CNC(C)C(=O)NCc1ccco1.